The van der Waals surface area contributed by atoms with Crippen molar-refractivity contribution in [3.8, 4) is 0 Å². The van der Waals surface area contributed by atoms with Crippen LogP contribution in [0.15, 0.2) is 0 Å². The fourth-order valence-corrected chi connectivity index (χ4v) is 2.28. The minimum absolute atomic E-state index is 0.207. The van der Waals surface area contributed by atoms with E-state index in [0.29, 0.717) is 6.42 Å². The maximum Gasteiger partial charge on any atom is 0.310 e. The monoisotopic (exact) mass is 196 g/mol. The van der Waals surface area contributed by atoms with E-state index in [9.17, 15) is 17.1 Å². The lowest BCUT2D eigenvalue weighted by Gasteiger charge is -2.30. The van der Waals surface area contributed by atoms with Crippen LogP contribution in [0.3, 0.4) is 0 Å². The van der Waals surface area contributed by atoms with Gasteiger partial charge in [0.15, 0.2) is 0 Å². The van der Waals surface area contributed by atoms with Crippen molar-refractivity contribution in [1.82, 2.24) is 0 Å². The molecule has 6 heteroatoms. The third kappa shape index (κ3) is 1.57. The third-order valence-corrected chi connectivity index (χ3v) is 3.36. The van der Waals surface area contributed by atoms with Crippen molar-refractivity contribution in [3.63, 3.8) is 0 Å². The first kappa shape index (κ1) is 9.44. The molecular weight excluding hydrogens is 187 g/mol. The number of rotatable bonds is 2. The molecule has 2 atom stereocenters. The van der Waals surface area contributed by atoms with Crippen LogP contribution in [0.25, 0.3) is 0 Å². The van der Waals surface area contributed by atoms with Gasteiger partial charge in [-0.25, -0.2) is 0 Å². The minimum Gasteiger partial charge on any atom is -0.469 e. The number of ether oxygens (including phenoxy) is 1. The molecule has 0 unspecified atom stereocenters. The second kappa shape index (κ2) is 3.01. The molecule has 0 aromatic carbocycles. The molecular formula is C6H9FO4S. The zero-order chi connectivity index (χ0) is 9.35. The fourth-order valence-electron chi connectivity index (χ4n) is 1.23. The number of carbonyl (C=O) groups excluding carboxylic acids is 1. The van der Waals surface area contributed by atoms with Crippen molar-refractivity contribution in [1.29, 1.82) is 0 Å². The Morgan fingerprint density at radius 2 is 2.08 bits per heavy atom. The predicted octanol–water partition coefficient (Wildman–Crippen LogP) is 0.237. The van der Waals surface area contributed by atoms with Crippen LogP contribution < -0.4 is 0 Å². The molecule has 0 radical (unpaired) electrons. The lowest BCUT2D eigenvalue weighted by atomic mass is 9.85. The number of hydrogen-bond acceptors (Lipinski definition) is 4. The SMILES string of the molecule is COC(=O)[C@@H]1CC[C@@H]1S(=O)(=O)F. The van der Waals surface area contributed by atoms with Gasteiger partial charge in [0.2, 0.25) is 0 Å². The van der Waals surface area contributed by atoms with E-state index < -0.39 is 27.4 Å². The van der Waals surface area contributed by atoms with E-state index in [-0.39, 0.29) is 6.42 Å². The van der Waals surface area contributed by atoms with Crippen molar-refractivity contribution >= 4 is 16.2 Å². The summed E-state index contributed by atoms with van der Waals surface area (Å²) in [4.78, 5) is 10.8. The second-order valence-corrected chi connectivity index (χ2v) is 4.28. The van der Waals surface area contributed by atoms with Crippen LogP contribution in [0.5, 0.6) is 0 Å². The molecule has 1 saturated carbocycles. The molecule has 0 bridgehead atoms. The third-order valence-electron chi connectivity index (χ3n) is 2.08. The first-order valence-electron chi connectivity index (χ1n) is 3.48. The quantitative estimate of drug-likeness (QED) is 0.468. The molecule has 1 fully saturated rings. The van der Waals surface area contributed by atoms with Gasteiger partial charge in [0, 0.05) is 0 Å². The van der Waals surface area contributed by atoms with Crippen molar-refractivity contribution in [3.05, 3.63) is 0 Å². The average Bonchev–Trinajstić information content (AvgIpc) is 1.80. The predicted molar refractivity (Wildman–Crippen MR) is 38.6 cm³/mol. The fraction of sp³-hybridized carbons (Fsp3) is 0.833. The summed E-state index contributed by atoms with van der Waals surface area (Å²) < 4.78 is 37.4. The molecule has 0 heterocycles. The van der Waals surface area contributed by atoms with Gasteiger partial charge in [-0.2, -0.15) is 8.42 Å². The van der Waals surface area contributed by atoms with E-state index in [1.54, 1.807) is 0 Å². The molecule has 12 heavy (non-hydrogen) atoms. The number of hydrogen-bond donors (Lipinski definition) is 0. The van der Waals surface area contributed by atoms with Gasteiger partial charge in [-0.05, 0) is 12.8 Å². The summed E-state index contributed by atoms with van der Waals surface area (Å²) in [5.41, 5.74) is 0. The Labute approximate surface area is 69.9 Å². The second-order valence-electron chi connectivity index (χ2n) is 2.72. The average molecular weight is 196 g/mol. The first-order chi connectivity index (χ1) is 5.46. The normalized spacial score (nSPS) is 29.2. The standard InChI is InChI=1S/C6H9FO4S/c1-11-6(8)4-2-3-5(4)12(7,9)10/h4-5H,2-3H2,1H3/t4-,5+/m1/s1. The Balaban J connectivity index is 2.68. The van der Waals surface area contributed by atoms with E-state index in [1.807, 2.05) is 0 Å². The number of methoxy groups -OCH3 is 1. The minimum atomic E-state index is -4.57. The topological polar surface area (TPSA) is 60.4 Å². The molecule has 0 aromatic heterocycles. The molecule has 70 valence electrons. The largest absolute Gasteiger partial charge is 0.469 e. The number of esters is 1. The zero-order valence-electron chi connectivity index (χ0n) is 6.49. The summed E-state index contributed by atoms with van der Waals surface area (Å²) in [5, 5.41) is -1.18. The Bertz CT molecular complexity index is 284. The van der Waals surface area contributed by atoms with Gasteiger partial charge in [-0.1, -0.05) is 0 Å². The van der Waals surface area contributed by atoms with E-state index in [0.717, 1.165) is 7.11 Å². The Morgan fingerprint density at radius 1 is 1.50 bits per heavy atom. The maximum atomic E-state index is 12.3. The lowest BCUT2D eigenvalue weighted by molar-refractivity contribution is -0.148. The summed E-state index contributed by atoms with van der Waals surface area (Å²) in [6.45, 7) is 0. The molecule has 0 spiro atoms. The Morgan fingerprint density at radius 3 is 2.33 bits per heavy atom. The van der Waals surface area contributed by atoms with Gasteiger partial charge in [0.05, 0.1) is 13.0 Å². The Hall–Kier alpha value is -0.650. The highest BCUT2D eigenvalue weighted by Gasteiger charge is 2.46. The smallest absolute Gasteiger partial charge is 0.310 e. The van der Waals surface area contributed by atoms with Gasteiger partial charge in [-0.15, -0.1) is 3.89 Å². The number of carbonyl (C=O) groups is 1. The van der Waals surface area contributed by atoms with Crippen molar-refractivity contribution in [2.45, 2.75) is 18.1 Å². The van der Waals surface area contributed by atoms with E-state index in [4.69, 9.17) is 0 Å². The van der Waals surface area contributed by atoms with Crippen LogP contribution in [0.4, 0.5) is 3.89 Å². The molecule has 0 aromatic rings. The van der Waals surface area contributed by atoms with Gasteiger partial charge in [0.1, 0.15) is 5.25 Å². The molecule has 0 amide bonds. The van der Waals surface area contributed by atoms with Gasteiger partial charge in [0.25, 0.3) is 0 Å². The van der Waals surface area contributed by atoms with Crippen LogP contribution >= 0.6 is 0 Å². The van der Waals surface area contributed by atoms with Crippen molar-refractivity contribution in [2.75, 3.05) is 7.11 Å². The lowest BCUT2D eigenvalue weighted by Crippen LogP contribution is -2.42. The van der Waals surface area contributed by atoms with E-state index in [2.05, 4.69) is 4.74 Å². The van der Waals surface area contributed by atoms with E-state index in [1.165, 1.54) is 0 Å². The number of halogens is 1. The molecule has 1 aliphatic carbocycles. The summed E-state index contributed by atoms with van der Waals surface area (Å²) >= 11 is 0. The molecule has 0 N–H and O–H groups in total. The highest BCUT2D eigenvalue weighted by Crippen LogP contribution is 2.34. The van der Waals surface area contributed by atoms with Crippen LogP contribution in [0, 0.1) is 5.92 Å². The molecule has 0 saturated heterocycles. The summed E-state index contributed by atoms with van der Waals surface area (Å²) in [6.07, 6.45) is 0.596. The molecule has 0 aliphatic heterocycles. The highest BCUT2D eigenvalue weighted by atomic mass is 32.3. The summed E-state index contributed by atoms with van der Waals surface area (Å²) in [5.74, 6) is -1.45. The van der Waals surface area contributed by atoms with Crippen LogP contribution in [0.1, 0.15) is 12.8 Å². The molecule has 4 nitrogen and oxygen atoms in total. The molecule has 1 aliphatic rings. The van der Waals surface area contributed by atoms with Crippen LogP contribution in [-0.2, 0) is 19.8 Å². The van der Waals surface area contributed by atoms with Crippen molar-refractivity contribution < 1.29 is 21.8 Å². The summed E-state index contributed by atoms with van der Waals surface area (Å²) in [7, 11) is -3.42. The summed E-state index contributed by atoms with van der Waals surface area (Å²) in [6, 6.07) is 0. The van der Waals surface area contributed by atoms with Crippen LogP contribution in [-0.4, -0.2) is 26.7 Å². The van der Waals surface area contributed by atoms with Crippen molar-refractivity contribution in [2.24, 2.45) is 5.92 Å². The highest BCUT2D eigenvalue weighted by molar-refractivity contribution is 7.87. The van der Waals surface area contributed by atoms with Crippen LogP contribution in [0.2, 0.25) is 0 Å². The van der Waals surface area contributed by atoms with Gasteiger partial charge < -0.3 is 4.74 Å². The van der Waals surface area contributed by atoms with Gasteiger partial charge >= 0.3 is 16.2 Å². The zero-order valence-corrected chi connectivity index (χ0v) is 7.30. The van der Waals surface area contributed by atoms with Gasteiger partial charge in [-0.3, -0.25) is 4.79 Å². The maximum absolute atomic E-state index is 12.3. The van der Waals surface area contributed by atoms with E-state index >= 15 is 0 Å². The Kier molecular flexibility index (Phi) is 2.36. The molecule has 1 rings (SSSR count). The first-order valence-corrected chi connectivity index (χ1v) is 4.93.